The lowest BCUT2D eigenvalue weighted by molar-refractivity contribution is 0.0600. The molecule has 7 nitrogen and oxygen atoms in total. The van der Waals surface area contributed by atoms with E-state index in [2.05, 4.69) is 15.4 Å². The second-order valence-corrected chi connectivity index (χ2v) is 4.77. The zero-order chi connectivity index (χ0) is 15.4. The quantitative estimate of drug-likeness (QED) is 0.671. The van der Waals surface area contributed by atoms with Gasteiger partial charge in [0.25, 0.3) is 5.91 Å². The van der Waals surface area contributed by atoms with Crippen molar-refractivity contribution in [1.82, 2.24) is 10.6 Å². The number of aromatic hydroxyl groups is 1. The van der Waals surface area contributed by atoms with Gasteiger partial charge in [0.1, 0.15) is 5.75 Å². The molecular formula is C14H18N2O5. The van der Waals surface area contributed by atoms with Crippen molar-refractivity contribution in [2.45, 2.75) is 12.1 Å². The van der Waals surface area contributed by atoms with E-state index in [1.165, 1.54) is 25.3 Å². The first-order valence-corrected chi connectivity index (χ1v) is 6.52. The molecule has 2 rings (SSSR count). The zero-order valence-corrected chi connectivity index (χ0v) is 11.9. The highest BCUT2D eigenvalue weighted by Crippen LogP contribution is 2.17. The van der Waals surface area contributed by atoms with Crippen molar-refractivity contribution in [3.05, 3.63) is 29.3 Å². The average molecular weight is 294 g/mol. The van der Waals surface area contributed by atoms with Gasteiger partial charge in [0.05, 0.1) is 24.8 Å². The first-order chi connectivity index (χ1) is 10.0. The van der Waals surface area contributed by atoms with Crippen molar-refractivity contribution < 1.29 is 24.2 Å². The van der Waals surface area contributed by atoms with Gasteiger partial charge in [-0.2, -0.15) is 0 Å². The summed E-state index contributed by atoms with van der Waals surface area (Å²) in [5, 5.41) is 15.6. The van der Waals surface area contributed by atoms with Gasteiger partial charge in [-0.25, -0.2) is 4.79 Å². The smallest absolute Gasteiger partial charge is 0.338 e. The van der Waals surface area contributed by atoms with Gasteiger partial charge in [-0.3, -0.25) is 4.79 Å². The standard InChI is InChI=1S/C14H18N2O5/c1-20-12-7-15-6-11(12)16-13(18)8-3-9(14(19)21-2)5-10(17)4-8/h3-5,11-12,15,17H,6-7H2,1-2H3,(H,16,18)/t11-,12-/m0/s1. The monoisotopic (exact) mass is 294 g/mol. The number of benzene rings is 1. The number of nitrogens with one attached hydrogen (secondary N) is 2. The molecule has 21 heavy (non-hydrogen) atoms. The van der Waals surface area contributed by atoms with Crippen LogP contribution in [0.1, 0.15) is 20.7 Å². The average Bonchev–Trinajstić information content (AvgIpc) is 2.92. The van der Waals surface area contributed by atoms with Gasteiger partial charge >= 0.3 is 5.97 Å². The Hall–Kier alpha value is -2.12. The van der Waals surface area contributed by atoms with Crippen LogP contribution in [0.25, 0.3) is 0 Å². The number of phenols is 1. The first-order valence-electron chi connectivity index (χ1n) is 6.52. The highest BCUT2D eigenvalue weighted by Gasteiger charge is 2.28. The van der Waals surface area contributed by atoms with E-state index in [0.717, 1.165) is 0 Å². The van der Waals surface area contributed by atoms with Crippen molar-refractivity contribution in [3.63, 3.8) is 0 Å². The predicted octanol–water partition coefficient (Wildman–Crippen LogP) is -0.105. The molecule has 1 aliphatic rings. The third-order valence-electron chi connectivity index (χ3n) is 3.38. The van der Waals surface area contributed by atoms with Gasteiger partial charge in [0, 0.05) is 25.8 Å². The van der Waals surface area contributed by atoms with Crippen molar-refractivity contribution in [2.24, 2.45) is 0 Å². The predicted molar refractivity (Wildman–Crippen MR) is 74.4 cm³/mol. The molecule has 0 unspecified atom stereocenters. The van der Waals surface area contributed by atoms with E-state index in [4.69, 9.17) is 4.74 Å². The molecule has 1 amide bonds. The highest BCUT2D eigenvalue weighted by molar-refractivity contribution is 5.98. The van der Waals surface area contributed by atoms with Crippen LogP contribution in [-0.4, -0.2) is 56.4 Å². The molecule has 7 heteroatoms. The molecule has 1 saturated heterocycles. The fourth-order valence-corrected chi connectivity index (χ4v) is 2.28. The van der Waals surface area contributed by atoms with Crippen molar-refractivity contribution in [1.29, 1.82) is 0 Å². The molecule has 1 fully saturated rings. The Morgan fingerprint density at radius 2 is 1.95 bits per heavy atom. The number of phenolic OH excluding ortho intramolecular Hbond substituents is 1. The van der Waals surface area contributed by atoms with Crippen LogP contribution in [0.2, 0.25) is 0 Å². The second-order valence-electron chi connectivity index (χ2n) is 4.77. The summed E-state index contributed by atoms with van der Waals surface area (Å²) in [7, 11) is 2.82. The molecule has 1 heterocycles. The Bertz CT molecular complexity index is 546. The summed E-state index contributed by atoms with van der Waals surface area (Å²) in [6, 6.07) is 3.76. The maximum Gasteiger partial charge on any atom is 0.338 e. The summed E-state index contributed by atoms with van der Waals surface area (Å²) in [4.78, 5) is 23.7. The molecule has 0 bridgehead atoms. The van der Waals surface area contributed by atoms with E-state index in [1.807, 2.05) is 0 Å². The minimum absolute atomic E-state index is 0.105. The number of amides is 1. The van der Waals surface area contributed by atoms with E-state index in [9.17, 15) is 14.7 Å². The second kappa shape index (κ2) is 6.55. The molecular weight excluding hydrogens is 276 g/mol. The van der Waals surface area contributed by atoms with Crippen LogP contribution in [0.4, 0.5) is 0 Å². The fourth-order valence-electron chi connectivity index (χ4n) is 2.28. The molecule has 0 radical (unpaired) electrons. The molecule has 0 spiro atoms. The topological polar surface area (TPSA) is 96.9 Å². The van der Waals surface area contributed by atoms with Gasteiger partial charge in [-0.05, 0) is 18.2 Å². The Morgan fingerprint density at radius 3 is 2.62 bits per heavy atom. The SMILES string of the molecule is COC(=O)c1cc(O)cc(C(=O)N[C@H]2CNC[C@@H]2OC)c1. The molecule has 1 aliphatic heterocycles. The summed E-state index contributed by atoms with van der Waals surface area (Å²) in [6.07, 6.45) is -0.105. The molecule has 2 atom stereocenters. The number of carbonyl (C=O) groups excluding carboxylic acids is 2. The lowest BCUT2D eigenvalue weighted by Crippen LogP contribution is -2.43. The number of carbonyl (C=O) groups is 2. The Balaban J connectivity index is 2.15. The van der Waals surface area contributed by atoms with Crippen molar-refractivity contribution in [3.8, 4) is 5.75 Å². The number of esters is 1. The maximum absolute atomic E-state index is 12.2. The third-order valence-corrected chi connectivity index (χ3v) is 3.38. The molecule has 0 saturated carbocycles. The van der Waals surface area contributed by atoms with Crippen molar-refractivity contribution >= 4 is 11.9 Å². The van der Waals surface area contributed by atoms with Gasteiger partial charge in [0.15, 0.2) is 0 Å². The fraction of sp³-hybridized carbons (Fsp3) is 0.429. The number of hydrogen-bond acceptors (Lipinski definition) is 6. The number of methoxy groups -OCH3 is 2. The summed E-state index contributed by atoms with van der Waals surface area (Å²) >= 11 is 0. The third kappa shape index (κ3) is 3.50. The van der Waals surface area contributed by atoms with Crippen LogP contribution in [0, 0.1) is 0 Å². The van der Waals surface area contributed by atoms with Gasteiger partial charge in [-0.1, -0.05) is 0 Å². The Morgan fingerprint density at radius 1 is 1.24 bits per heavy atom. The van der Waals surface area contributed by atoms with Gasteiger partial charge < -0.3 is 25.2 Å². The number of rotatable bonds is 4. The van der Waals surface area contributed by atoms with Crippen molar-refractivity contribution in [2.75, 3.05) is 27.3 Å². The van der Waals surface area contributed by atoms with Crippen LogP contribution in [0.3, 0.4) is 0 Å². The summed E-state index contributed by atoms with van der Waals surface area (Å²) in [6.45, 7) is 1.27. The summed E-state index contributed by atoms with van der Waals surface area (Å²) in [5.74, 6) is -1.17. The Labute approximate surface area is 122 Å². The van der Waals surface area contributed by atoms with Crippen LogP contribution in [0.5, 0.6) is 5.75 Å². The zero-order valence-electron chi connectivity index (χ0n) is 11.9. The molecule has 1 aromatic rings. The molecule has 3 N–H and O–H groups in total. The number of hydrogen-bond donors (Lipinski definition) is 3. The van der Waals surface area contributed by atoms with Crippen LogP contribution < -0.4 is 10.6 Å². The largest absolute Gasteiger partial charge is 0.508 e. The lowest BCUT2D eigenvalue weighted by Gasteiger charge is -2.18. The minimum atomic E-state index is -0.614. The summed E-state index contributed by atoms with van der Waals surface area (Å²) in [5.41, 5.74) is 0.313. The van der Waals surface area contributed by atoms with E-state index in [1.54, 1.807) is 7.11 Å². The summed E-state index contributed by atoms with van der Waals surface area (Å²) < 4.78 is 9.85. The lowest BCUT2D eigenvalue weighted by atomic mass is 10.1. The number of ether oxygens (including phenoxy) is 2. The first kappa shape index (κ1) is 15.3. The highest BCUT2D eigenvalue weighted by atomic mass is 16.5. The minimum Gasteiger partial charge on any atom is -0.508 e. The van der Waals surface area contributed by atoms with E-state index >= 15 is 0 Å². The Kier molecular flexibility index (Phi) is 4.77. The van der Waals surface area contributed by atoms with Crippen LogP contribution >= 0.6 is 0 Å². The van der Waals surface area contributed by atoms with Crippen LogP contribution in [-0.2, 0) is 9.47 Å². The normalized spacial score (nSPS) is 21.0. The maximum atomic E-state index is 12.2. The molecule has 0 aliphatic carbocycles. The van der Waals surface area contributed by atoms with E-state index in [0.29, 0.717) is 13.1 Å². The van der Waals surface area contributed by atoms with Crippen LogP contribution in [0.15, 0.2) is 18.2 Å². The van der Waals surface area contributed by atoms with Gasteiger partial charge in [-0.15, -0.1) is 0 Å². The molecule has 114 valence electrons. The van der Waals surface area contributed by atoms with E-state index in [-0.39, 0.29) is 34.9 Å². The molecule has 0 aromatic heterocycles. The van der Waals surface area contributed by atoms with E-state index < -0.39 is 5.97 Å². The molecule has 1 aromatic carbocycles. The van der Waals surface area contributed by atoms with Gasteiger partial charge in [0.2, 0.25) is 0 Å².